The monoisotopic (exact) mass is 192 g/mol. The minimum absolute atomic E-state index is 0.0912. The molecular weight excluding hydrogens is 180 g/mol. The van der Waals surface area contributed by atoms with E-state index in [1.165, 1.54) is 4.90 Å². The van der Waals surface area contributed by atoms with Gasteiger partial charge in [0.25, 0.3) is 0 Å². The number of nitrogens with zero attached hydrogens (tertiary/aromatic N) is 1. The molecule has 0 rings (SSSR count). The van der Waals surface area contributed by atoms with Crippen molar-refractivity contribution in [1.82, 2.24) is 4.90 Å². The van der Waals surface area contributed by atoms with Crippen LogP contribution >= 0.6 is 24.0 Å². The molecule has 0 aromatic rings. The van der Waals surface area contributed by atoms with Gasteiger partial charge < -0.3 is 11.5 Å². The lowest BCUT2D eigenvalue weighted by atomic mass is 10.6. The van der Waals surface area contributed by atoms with Crippen LogP contribution in [0.3, 0.4) is 0 Å². The summed E-state index contributed by atoms with van der Waals surface area (Å²) in [5.41, 5.74) is 10.5. The third-order valence-electron chi connectivity index (χ3n) is 1.08. The van der Waals surface area contributed by atoms with Crippen LogP contribution in [-0.2, 0) is 0 Å². The predicted octanol–water partition coefficient (Wildman–Crippen LogP) is -0.212. The molecule has 0 fully saturated rings. The Hall–Kier alpha value is -0.490. The maximum Gasteiger partial charge on any atom is 0.194 e. The number of hydrogen-bond donors (Lipinski definition) is 3. The molecule has 0 atom stereocenters. The van der Waals surface area contributed by atoms with Crippen molar-refractivity contribution in [1.29, 1.82) is 5.41 Å². The molecule has 0 unspecified atom stereocenters. The molecule has 11 heavy (non-hydrogen) atoms. The van der Waals surface area contributed by atoms with Crippen molar-refractivity contribution in [3.05, 3.63) is 0 Å². The Balaban J connectivity index is 3.90. The molecule has 0 aliphatic rings. The van der Waals surface area contributed by atoms with Gasteiger partial charge in [0.05, 0.1) is 0 Å². The summed E-state index contributed by atoms with van der Waals surface area (Å²) in [5.74, 6) is 0.767. The Kier molecular flexibility index (Phi) is 4.97. The number of rotatable bonds is 3. The summed E-state index contributed by atoms with van der Waals surface area (Å²) in [4.78, 5) is 1.39. The standard InChI is InChI=1S/C5H12N4S2/c1-11-3-2-9(4(6)7)5(8)10/h2-3H2,1H3,(H3,6,7)(H2,8,10). The zero-order valence-electron chi connectivity index (χ0n) is 6.33. The lowest BCUT2D eigenvalue weighted by molar-refractivity contribution is 0.641. The maximum atomic E-state index is 7.09. The van der Waals surface area contributed by atoms with Crippen LogP contribution in [0.25, 0.3) is 0 Å². The van der Waals surface area contributed by atoms with E-state index >= 15 is 0 Å². The van der Waals surface area contributed by atoms with Gasteiger partial charge in [0.15, 0.2) is 11.1 Å². The Morgan fingerprint density at radius 3 is 2.45 bits per heavy atom. The molecule has 0 spiro atoms. The summed E-state index contributed by atoms with van der Waals surface area (Å²) in [5, 5.41) is 7.25. The fraction of sp³-hybridized carbons (Fsp3) is 0.600. The maximum absolute atomic E-state index is 7.09. The second-order valence-corrected chi connectivity index (χ2v) is 3.27. The summed E-state index contributed by atoms with van der Waals surface area (Å²) in [6.45, 7) is 0.603. The van der Waals surface area contributed by atoms with E-state index in [0.717, 1.165) is 5.75 Å². The first-order valence-electron chi connectivity index (χ1n) is 2.99. The molecule has 0 aromatic carbocycles. The van der Waals surface area contributed by atoms with Gasteiger partial charge in [-0.2, -0.15) is 11.8 Å². The van der Waals surface area contributed by atoms with Gasteiger partial charge in [0.1, 0.15) is 0 Å². The fourth-order valence-corrected chi connectivity index (χ4v) is 1.09. The highest BCUT2D eigenvalue weighted by Crippen LogP contribution is 1.94. The molecule has 64 valence electrons. The average Bonchev–Trinajstić information content (AvgIpc) is 1.87. The van der Waals surface area contributed by atoms with Gasteiger partial charge in [-0.3, -0.25) is 10.3 Å². The zero-order chi connectivity index (χ0) is 8.85. The summed E-state index contributed by atoms with van der Waals surface area (Å²) < 4.78 is 0. The highest BCUT2D eigenvalue weighted by molar-refractivity contribution is 7.98. The van der Waals surface area contributed by atoms with Crippen molar-refractivity contribution in [3.8, 4) is 0 Å². The number of nitrogens with one attached hydrogen (secondary N) is 1. The third kappa shape index (κ3) is 4.05. The molecule has 0 bridgehead atoms. The predicted molar refractivity (Wildman–Crippen MR) is 53.8 cm³/mol. The average molecular weight is 192 g/mol. The van der Waals surface area contributed by atoms with Gasteiger partial charge in [-0.25, -0.2) is 0 Å². The molecule has 4 nitrogen and oxygen atoms in total. The van der Waals surface area contributed by atoms with Crippen LogP contribution in [0, 0.1) is 5.41 Å². The van der Waals surface area contributed by atoms with E-state index in [0.29, 0.717) is 6.54 Å². The second kappa shape index (κ2) is 5.20. The second-order valence-electron chi connectivity index (χ2n) is 1.87. The van der Waals surface area contributed by atoms with Crippen LogP contribution in [0.5, 0.6) is 0 Å². The molecule has 0 amide bonds. The largest absolute Gasteiger partial charge is 0.376 e. The molecule has 6 heteroatoms. The van der Waals surface area contributed by atoms with Crippen LogP contribution < -0.4 is 11.5 Å². The van der Waals surface area contributed by atoms with Gasteiger partial charge in [-0.05, 0) is 18.5 Å². The van der Waals surface area contributed by atoms with E-state index in [1.54, 1.807) is 11.8 Å². The minimum Gasteiger partial charge on any atom is -0.376 e. The highest BCUT2D eigenvalue weighted by Gasteiger charge is 2.07. The van der Waals surface area contributed by atoms with Gasteiger partial charge in [-0.1, -0.05) is 0 Å². The molecule has 0 aliphatic carbocycles. The molecule has 0 saturated heterocycles. The lowest BCUT2D eigenvalue weighted by Gasteiger charge is -2.19. The number of thiocarbonyl (C=S) groups is 1. The summed E-state index contributed by atoms with van der Waals surface area (Å²) in [6.07, 6.45) is 1.97. The van der Waals surface area contributed by atoms with E-state index in [9.17, 15) is 0 Å². The highest BCUT2D eigenvalue weighted by atomic mass is 32.2. The van der Waals surface area contributed by atoms with E-state index < -0.39 is 0 Å². The lowest BCUT2D eigenvalue weighted by Crippen LogP contribution is -2.45. The zero-order valence-corrected chi connectivity index (χ0v) is 7.97. The quantitative estimate of drug-likeness (QED) is 0.327. The van der Waals surface area contributed by atoms with Crippen molar-refractivity contribution >= 4 is 35.1 Å². The van der Waals surface area contributed by atoms with Crippen LogP contribution in [0.1, 0.15) is 0 Å². The van der Waals surface area contributed by atoms with Gasteiger partial charge in [0.2, 0.25) is 0 Å². The van der Waals surface area contributed by atoms with Crippen molar-refractivity contribution in [2.24, 2.45) is 11.5 Å². The number of hydrogen-bond acceptors (Lipinski definition) is 3. The first kappa shape index (κ1) is 10.5. The Morgan fingerprint density at radius 2 is 2.18 bits per heavy atom. The van der Waals surface area contributed by atoms with E-state index in [1.807, 2.05) is 6.26 Å². The van der Waals surface area contributed by atoms with Crippen molar-refractivity contribution in [3.63, 3.8) is 0 Å². The topological polar surface area (TPSA) is 79.1 Å². The Labute approximate surface area is 75.8 Å². The molecule has 0 aliphatic heterocycles. The van der Waals surface area contributed by atoms with E-state index in [-0.39, 0.29) is 11.1 Å². The Morgan fingerprint density at radius 1 is 1.64 bits per heavy atom. The summed E-state index contributed by atoms with van der Waals surface area (Å²) in [6, 6.07) is 0. The normalized spacial score (nSPS) is 9.18. The van der Waals surface area contributed by atoms with Crippen molar-refractivity contribution in [2.45, 2.75) is 0 Å². The van der Waals surface area contributed by atoms with Gasteiger partial charge in [-0.15, -0.1) is 0 Å². The summed E-state index contributed by atoms with van der Waals surface area (Å²) in [7, 11) is 0. The van der Waals surface area contributed by atoms with E-state index in [2.05, 4.69) is 12.2 Å². The van der Waals surface area contributed by atoms with Crippen molar-refractivity contribution < 1.29 is 0 Å². The smallest absolute Gasteiger partial charge is 0.194 e. The molecule has 0 saturated carbocycles. The van der Waals surface area contributed by atoms with Crippen molar-refractivity contribution in [2.75, 3.05) is 18.6 Å². The number of thioether (sulfide) groups is 1. The van der Waals surface area contributed by atoms with Gasteiger partial charge >= 0.3 is 0 Å². The molecule has 5 N–H and O–H groups in total. The molecular formula is C5H12N4S2. The molecule has 0 heterocycles. The molecule has 0 aromatic heterocycles. The SMILES string of the molecule is CSCCN(C(=N)N)C(N)=S. The first-order chi connectivity index (χ1) is 5.09. The van der Waals surface area contributed by atoms with Crippen LogP contribution in [0.2, 0.25) is 0 Å². The Bertz CT molecular complexity index is 145. The number of nitrogens with two attached hydrogens (primary N) is 2. The van der Waals surface area contributed by atoms with Crippen LogP contribution in [-0.4, -0.2) is 34.5 Å². The first-order valence-corrected chi connectivity index (χ1v) is 4.79. The summed E-state index contributed by atoms with van der Waals surface area (Å²) >= 11 is 6.34. The molecule has 0 radical (unpaired) electrons. The van der Waals surface area contributed by atoms with Gasteiger partial charge in [0, 0.05) is 12.3 Å². The minimum atomic E-state index is -0.0912. The van der Waals surface area contributed by atoms with E-state index in [4.69, 9.17) is 16.9 Å². The fourth-order valence-electron chi connectivity index (χ4n) is 0.532. The van der Waals surface area contributed by atoms with Crippen LogP contribution in [0.15, 0.2) is 0 Å². The third-order valence-corrected chi connectivity index (χ3v) is 1.89. The number of guanidine groups is 1. The van der Waals surface area contributed by atoms with Crippen LogP contribution in [0.4, 0.5) is 0 Å².